The van der Waals surface area contributed by atoms with Crippen LogP contribution in [0.2, 0.25) is 6.55 Å². The van der Waals surface area contributed by atoms with Crippen molar-refractivity contribution in [2.75, 3.05) is 0 Å². The van der Waals surface area contributed by atoms with E-state index in [-0.39, 0.29) is 6.55 Å². The Morgan fingerprint density at radius 1 is 0.571 bits per heavy atom. The van der Waals surface area contributed by atoms with Gasteiger partial charge in [-0.1, -0.05) is 0 Å². The second kappa shape index (κ2) is 6.85. The van der Waals surface area contributed by atoms with Crippen LogP contribution in [0.3, 0.4) is 0 Å². The smallest absolute Gasteiger partial charge is 0.234 e. The average molecular weight is 515 g/mol. The number of rotatable bonds is 7. The summed E-state index contributed by atoms with van der Waals surface area (Å²) in [7, 11) is 0. The lowest BCUT2D eigenvalue weighted by atomic mass is 9.92. The highest BCUT2D eigenvalue weighted by atomic mass is 35.7. The quantitative estimate of drug-likeness (QED) is 0.199. The minimum atomic E-state index is -8.39. The molecule has 28 heavy (non-hydrogen) atoms. The highest BCUT2D eigenvalue weighted by Crippen LogP contribution is 2.62. The summed E-state index contributed by atoms with van der Waals surface area (Å²) in [6.07, 6.45) is -13.6. The van der Waals surface area contributed by atoms with E-state index in [1.807, 2.05) is 0 Å². The van der Waals surface area contributed by atoms with Gasteiger partial charge in [0, 0.05) is 0 Å². The van der Waals surface area contributed by atoms with Crippen molar-refractivity contribution in [2.45, 2.75) is 54.1 Å². The molecule has 0 aromatic carbocycles. The molecule has 0 saturated carbocycles. The first-order valence-electron chi connectivity index (χ1n) is 6.01. The van der Waals surface area contributed by atoms with Crippen molar-refractivity contribution >= 4 is 28.9 Å². The molecule has 0 heterocycles. The Morgan fingerprint density at radius 3 is 1.11 bits per heavy atom. The molecule has 0 bridgehead atoms. The lowest BCUT2D eigenvalue weighted by Gasteiger charge is -2.42. The molecular weight excluding hydrogens is 511 g/mol. The van der Waals surface area contributed by atoms with E-state index in [2.05, 4.69) is 22.2 Å². The van der Waals surface area contributed by atoms with E-state index in [4.69, 9.17) is 0 Å². The lowest BCUT2D eigenvalue weighted by molar-refractivity contribution is -0.445. The third-order valence-electron chi connectivity index (χ3n) is 3.18. The summed E-state index contributed by atoms with van der Waals surface area (Å²) < 4.78 is 206. The standard InChI is InChI=1S/C9H4Cl2F16Si/c1-28(10,11)4(15,16)2(12)3(13,14)5(17,18)6(19,20)7(21,22)8(23,24)9(25,26)27/h2H,1H3. The fourth-order valence-corrected chi connectivity index (χ4v) is 2.59. The van der Waals surface area contributed by atoms with Crippen LogP contribution in [0.4, 0.5) is 70.2 Å². The van der Waals surface area contributed by atoms with Gasteiger partial charge >= 0.3 is 42.5 Å². The predicted molar refractivity (Wildman–Crippen MR) is 64.0 cm³/mol. The fourth-order valence-electron chi connectivity index (χ4n) is 1.39. The molecule has 0 amide bonds. The lowest BCUT2D eigenvalue weighted by Crippen LogP contribution is -2.73. The molecule has 0 aliphatic rings. The van der Waals surface area contributed by atoms with Crippen molar-refractivity contribution in [2.24, 2.45) is 0 Å². The van der Waals surface area contributed by atoms with Gasteiger partial charge in [0.15, 0.2) is 0 Å². The third kappa shape index (κ3) is 3.62. The van der Waals surface area contributed by atoms with E-state index in [9.17, 15) is 70.2 Å². The molecule has 0 N–H and O–H groups in total. The first kappa shape index (κ1) is 27.7. The fraction of sp³-hybridized carbons (Fsp3) is 1.00. The molecule has 1 atom stereocenters. The normalized spacial score (nSPS) is 17.7. The van der Waals surface area contributed by atoms with Crippen LogP contribution in [0.15, 0.2) is 0 Å². The number of halogens is 18. The van der Waals surface area contributed by atoms with Crippen LogP contribution in [0.25, 0.3) is 0 Å². The zero-order valence-corrected chi connectivity index (χ0v) is 14.9. The second-order valence-corrected chi connectivity index (χ2v) is 12.9. The van der Waals surface area contributed by atoms with Crippen LogP contribution in [0.5, 0.6) is 0 Å². The Kier molecular flexibility index (Phi) is 6.77. The van der Waals surface area contributed by atoms with E-state index in [0.29, 0.717) is 0 Å². The molecule has 0 aromatic heterocycles. The van der Waals surface area contributed by atoms with Crippen molar-refractivity contribution in [3.05, 3.63) is 0 Å². The van der Waals surface area contributed by atoms with Gasteiger partial charge in [0.05, 0.1) is 0 Å². The minimum Gasteiger partial charge on any atom is -0.234 e. The van der Waals surface area contributed by atoms with Crippen molar-refractivity contribution < 1.29 is 70.2 Å². The van der Waals surface area contributed by atoms with Gasteiger partial charge in [-0.3, -0.25) is 0 Å². The molecule has 0 aliphatic heterocycles. The maximum absolute atomic E-state index is 13.3. The average Bonchev–Trinajstić information content (AvgIpc) is 2.42. The summed E-state index contributed by atoms with van der Waals surface area (Å²) in [5, 5.41) is 0. The van der Waals surface area contributed by atoms with Crippen molar-refractivity contribution in [3.63, 3.8) is 0 Å². The summed E-state index contributed by atoms with van der Waals surface area (Å²) in [6.45, 7) is -5.74. The Balaban J connectivity index is 6.56. The van der Waals surface area contributed by atoms with Crippen LogP contribution >= 0.6 is 22.2 Å². The number of hydrogen-bond donors (Lipinski definition) is 0. The Labute approximate surface area is 154 Å². The molecule has 0 rings (SSSR count). The monoisotopic (exact) mass is 514 g/mol. The van der Waals surface area contributed by atoms with Crippen LogP contribution in [0.1, 0.15) is 0 Å². The van der Waals surface area contributed by atoms with Crippen LogP contribution in [0, 0.1) is 0 Å². The molecule has 19 heteroatoms. The molecule has 0 fully saturated rings. The van der Waals surface area contributed by atoms with E-state index >= 15 is 0 Å². The molecular formula is C9H4Cl2F16Si. The second-order valence-electron chi connectivity index (χ2n) is 5.29. The van der Waals surface area contributed by atoms with Crippen LogP contribution < -0.4 is 0 Å². The van der Waals surface area contributed by atoms with E-state index in [1.54, 1.807) is 0 Å². The zero-order chi connectivity index (χ0) is 23.6. The molecule has 0 radical (unpaired) electrons. The van der Waals surface area contributed by atoms with Gasteiger partial charge < -0.3 is 0 Å². The summed E-state index contributed by atoms with van der Waals surface area (Å²) >= 11 is 9.29. The Bertz CT molecular complexity index is 576. The van der Waals surface area contributed by atoms with Gasteiger partial charge in [0.25, 0.3) is 5.55 Å². The molecule has 0 saturated heterocycles. The maximum Gasteiger partial charge on any atom is 0.460 e. The largest absolute Gasteiger partial charge is 0.460 e. The Morgan fingerprint density at radius 2 is 0.857 bits per heavy atom. The summed E-state index contributed by atoms with van der Waals surface area (Å²) in [5.41, 5.74) is -5.97. The van der Waals surface area contributed by atoms with Gasteiger partial charge in [-0.05, 0) is 6.55 Å². The highest BCUT2D eigenvalue weighted by Gasteiger charge is 2.92. The van der Waals surface area contributed by atoms with Gasteiger partial charge in [0.1, 0.15) is 0 Å². The van der Waals surface area contributed by atoms with Gasteiger partial charge in [-0.15, -0.1) is 22.2 Å². The van der Waals surface area contributed by atoms with E-state index in [1.165, 1.54) is 0 Å². The van der Waals surface area contributed by atoms with Gasteiger partial charge in [-0.2, -0.15) is 57.1 Å². The molecule has 1 unspecified atom stereocenters. The van der Waals surface area contributed by atoms with Crippen LogP contribution in [-0.2, 0) is 0 Å². The molecule has 0 aliphatic carbocycles. The topological polar surface area (TPSA) is 0 Å². The molecule has 170 valence electrons. The summed E-state index contributed by atoms with van der Waals surface area (Å²) in [4.78, 5) is 0. The van der Waals surface area contributed by atoms with Gasteiger partial charge in [-0.25, -0.2) is 13.2 Å². The minimum absolute atomic E-state index is 0.0958. The van der Waals surface area contributed by atoms with Crippen molar-refractivity contribution in [1.82, 2.24) is 0 Å². The van der Waals surface area contributed by atoms with E-state index < -0.39 is 54.2 Å². The third-order valence-corrected chi connectivity index (χ3v) is 6.12. The maximum atomic E-state index is 13.3. The predicted octanol–water partition coefficient (Wildman–Crippen LogP) is 6.79. The molecule has 0 aromatic rings. The van der Waals surface area contributed by atoms with Crippen molar-refractivity contribution in [3.8, 4) is 0 Å². The first-order chi connectivity index (χ1) is 11.7. The van der Waals surface area contributed by atoms with Crippen molar-refractivity contribution in [1.29, 1.82) is 0 Å². The number of hydrogen-bond acceptors (Lipinski definition) is 0. The zero-order valence-electron chi connectivity index (χ0n) is 12.4. The highest BCUT2D eigenvalue weighted by molar-refractivity contribution is 7.45. The SMILES string of the molecule is C[Si](Cl)(Cl)C(F)(F)C(F)C(F)(F)C(F)(F)C(F)(F)C(F)(F)C(F)(F)C(F)(F)F. The molecule has 0 nitrogen and oxygen atoms in total. The first-order valence-corrected chi connectivity index (χ1v) is 10.5. The summed E-state index contributed by atoms with van der Waals surface area (Å²) in [6, 6.07) is 0. The van der Waals surface area contributed by atoms with Gasteiger partial charge in [0.2, 0.25) is 6.17 Å². The Hall–Kier alpha value is -0.323. The number of alkyl halides is 16. The van der Waals surface area contributed by atoms with E-state index in [0.717, 1.165) is 0 Å². The summed E-state index contributed by atoms with van der Waals surface area (Å²) in [5.74, 6) is -40.6. The van der Waals surface area contributed by atoms with Crippen LogP contribution in [-0.4, -0.2) is 54.2 Å². The molecule has 0 spiro atoms.